The van der Waals surface area contributed by atoms with Gasteiger partial charge < -0.3 is 19.5 Å². The molecular weight excluding hydrogens is 463 g/mol. The molecule has 10 heteroatoms. The van der Waals surface area contributed by atoms with Gasteiger partial charge in [0.15, 0.2) is 5.82 Å². The third-order valence-electron chi connectivity index (χ3n) is 5.85. The van der Waals surface area contributed by atoms with Gasteiger partial charge in [0.1, 0.15) is 18.0 Å². The molecule has 1 aliphatic heterocycles. The maximum atomic E-state index is 13.1. The van der Waals surface area contributed by atoms with Crippen LogP contribution in [0.5, 0.6) is 5.75 Å². The first-order chi connectivity index (χ1) is 16.0. The average molecular weight is 485 g/mol. The first-order valence-electron chi connectivity index (χ1n) is 10.6. The second-order valence-electron chi connectivity index (χ2n) is 7.79. The van der Waals surface area contributed by atoms with Gasteiger partial charge in [-0.2, -0.15) is 5.10 Å². The summed E-state index contributed by atoms with van der Waals surface area (Å²) in [5.41, 5.74) is 2.54. The van der Waals surface area contributed by atoms with Crippen molar-refractivity contribution in [2.24, 2.45) is 0 Å². The Balaban J connectivity index is 1.31. The Morgan fingerprint density at radius 2 is 1.94 bits per heavy atom. The molecule has 0 saturated carbocycles. The van der Waals surface area contributed by atoms with Crippen LogP contribution >= 0.6 is 23.2 Å². The summed E-state index contributed by atoms with van der Waals surface area (Å²) in [6.45, 7) is 2.85. The third-order valence-corrected chi connectivity index (χ3v) is 6.40. The van der Waals surface area contributed by atoms with Crippen LogP contribution < -0.4 is 9.64 Å². The predicted molar refractivity (Wildman–Crippen MR) is 129 cm³/mol. The first-order valence-corrected chi connectivity index (χ1v) is 11.3. The van der Waals surface area contributed by atoms with Crippen LogP contribution in [0.2, 0.25) is 10.0 Å². The number of carbonyl (C=O) groups is 1. The molecule has 0 bridgehead atoms. The Bertz CT molecular complexity index is 1300. The van der Waals surface area contributed by atoms with Crippen molar-refractivity contribution in [2.45, 2.75) is 6.54 Å². The molecule has 3 heterocycles. The van der Waals surface area contributed by atoms with Gasteiger partial charge in [0.2, 0.25) is 5.91 Å². The monoisotopic (exact) mass is 484 g/mol. The molecule has 1 saturated heterocycles. The lowest BCUT2D eigenvalue weighted by Gasteiger charge is -2.36. The number of aromatic amines is 1. The van der Waals surface area contributed by atoms with Gasteiger partial charge in [-0.3, -0.25) is 9.48 Å². The number of anilines is 1. The Morgan fingerprint density at radius 1 is 1.12 bits per heavy atom. The fraction of sp³-hybridized carbons (Fsp3) is 0.261. The number of methoxy groups -OCH3 is 1. The molecule has 1 amide bonds. The maximum Gasteiger partial charge on any atom is 0.244 e. The highest BCUT2D eigenvalue weighted by molar-refractivity contribution is 6.32. The number of hydrogen-bond donors (Lipinski definition) is 1. The summed E-state index contributed by atoms with van der Waals surface area (Å²) in [5, 5.41) is 6.72. The molecular formula is C23H22Cl2N6O2. The van der Waals surface area contributed by atoms with Crippen LogP contribution in [-0.4, -0.2) is 63.8 Å². The van der Waals surface area contributed by atoms with Gasteiger partial charge in [0.25, 0.3) is 0 Å². The molecule has 170 valence electrons. The lowest BCUT2D eigenvalue weighted by molar-refractivity contribution is -0.132. The highest BCUT2D eigenvalue weighted by Crippen LogP contribution is 2.30. The smallest absolute Gasteiger partial charge is 0.244 e. The van der Waals surface area contributed by atoms with E-state index in [9.17, 15) is 4.79 Å². The van der Waals surface area contributed by atoms with Crippen LogP contribution in [0.15, 0.2) is 48.8 Å². The molecule has 0 aliphatic carbocycles. The highest BCUT2D eigenvalue weighted by Gasteiger charge is 2.24. The minimum Gasteiger partial charge on any atom is -0.495 e. The molecule has 0 atom stereocenters. The Kier molecular flexibility index (Phi) is 5.86. The minimum atomic E-state index is 0.0219. The number of carbonyl (C=O) groups excluding carboxylic acids is 1. The van der Waals surface area contributed by atoms with Gasteiger partial charge in [-0.1, -0.05) is 23.2 Å². The van der Waals surface area contributed by atoms with Crippen LogP contribution in [0, 0.1) is 0 Å². The first kappa shape index (κ1) is 21.6. The molecule has 0 unspecified atom stereocenters. The van der Waals surface area contributed by atoms with E-state index in [-0.39, 0.29) is 12.5 Å². The van der Waals surface area contributed by atoms with E-state index in [2.05, 4.69) is 20.0 Å². The van der Waals surface area contributed by atoms with Crippen molar-refractivity contribution in [3.8, 4) is 17.3 Å². The fourth-order valence-electron chi connectivity index (χ4n) is 4.13. The summed E-state index contributed by atoms with van der Waals surface area (Å²) in [4.78, 5) is 24.6. The highest BCUT2D eigenvalue weighted by atomic mass is 35.5. The summed E-state index contributed by atoms with van der Waals surface area (Å²) >= 11 is 12.4. The zero-order chi connectivity index (χ0) is 22.9. The van der Waals surface area contributed by atoms with Crippen molar-refractivity contribution in [1.82, 2.24) is 24.6 Å². The molecule has 5 rings (SSSR count). The lowest BCUT2D eigenvalue weighted by Crippen LogP contribution is -2.49. The Hall–Kier alpha value is -3.23. The quantitative estimate of drug-likeness (QED) is 0.461. The number of piperazine rings is 1. The fourth-order valence-corrected chi connectivity index (χ4v) is 4.50. The van der Waals surface area contributed by atoms with E-state index in [1.54, 1.807) is 30.3 Å². The average Bonchev–Trinajstić information content (AvgIpc) is 3.48. The molecule has 0 spiro atoms. The number of H-pyrrole nitrogens is 1. The number of fused-ring (bicyclic) bond motifs is 1. The van der Waals surface area contributed by atoms with E-state index >= 15 is 0 Å². The number of amides is 1. The van der Waals surface area contributed by atoms with Gasteiger partial charge in [-0.05, 0) is 30.3 Å². The lowest BCUT2D eigenvalue weighted by atomic mass is 10.2. The SMILES string of the molecule is COc1cc(N2CCN(C(=O)Cn3nc(-c4ncc[nH]4)c4cc(Cl)ccc43)CC2)ccc1Cl. The number of halogens is 2. The van der Waals surface area contributed by atoms with E-state index in [0.29, 0.717) is 40.4 Å². The molecule has 33 heavy (non-hydrogen) atoms. The van der Waals surface area contributed by atoms with E-state index in [0.717, 1.165) is 29.7 Å². The number of nitrogens with zero attached hydrogens (tertiary/aromatic N) is 5. The third kappa shape index (κ3) is 4.24. The minimum absolute atomic E-state index is 0.0219. The molecule has 1 N–H and O–H groups in total. The number of rotatable bonds is 5. The van der Waals surface area contributed by atoms with Crippen LogP contribution in [0.25, 0.3) is 22.4 Å². The van der Waals surface area contributed by atoms with Crippen molar-refractivity contribution in [3.63, 3.8) is 0 Å². The predicted octanol–water partition coefficient (Wildman–Crippen LogP) is 4.09. The summed E-state index contributed by atoms with van der Waals surface area (Å²) in [7, 11) is 1.60. The van der Waals surface area contributed by atoms with Gasteiger partial charge in [0, 0.05) is 60.7 Å². The van der Waals surface area contributed by atoms with Crippen LogP contribution in [-0.2, 0) is 11.3 Å². The molecule has 1 aliphatic rings. The number of aromatic nitrogens is 4. The van der Waals surface area contributed by atoms with Gasteiger partial charge in [-0.25, -0.2) is 4.98 Å². The van der Waals surface area contributed by atoms with Gasteiger partial charge in [-0.15, -0.1) is 0 Å². The molecule has 0 radical (unpaired) electrons. The normalized spacial score (nSPS) is 14.2. The summed E-state index contributed by atoms with van der Waals surface area (Å²) < 4.78 is 7.05. The van der Waals surface area contributed by atoms with Crippen molar-refractivity contribution >= 4 is 45.7 Å². The van der Waals surface area contributed by atoms with Crippen LogP contribution in [0.1, 0.15) is 0 Å². The zero-order valence-electron chi connectivity index (χ0n) is 18.0. The largest absolute Gasteiger partial charge is 0.495 e. The van der Waals surface area contributed by atoms with Crippen molar-refractivity contribution in [2.75, 3.05) is 38.2 Å². The number of hydrogen-bond acceptors (Lipinski definition) is 5. The summed E-state index contributed by atoms with van der Waals surface area (Å²) in [5.74, 6) is 1.31. The number of nitrogens with one attached hydrogen (secondary N) is 1. The van der Waals surface area contributed by atoms with Crippen LogP contribution in [0.3, 0.4) is 0 Å². The zero-order valence-corrected chi connectivity index (χ0v) is 19.5. The maximum absolute atomic E-state index is 13.1. The van der Waals surface area contributed by atoms with Crippen molar-refractivity contribution in [3.05, 3.63) is 58.8 Å². The standard InChI is InChI=1S/C23H22Cl2N6O2/c1-33-20-13-16(3-4-18(20)25)29-8-10-30(11-9-29)21(32)14-31-19-5-2-15(24)12-17(19)22(28-31)23-26-6-7-27-23/h2-7,12-13H,8-11,14H2,1H3,(H,26,27). The molecule has 4 aromatic rings. The van der Waals surface area contributed by atoms with E-state index in [1.807, 2.05) is 35.2 Å². The van der Waals surface area contributed by atoms with E-state index in [4.69, 9.17) is 27.9 Å². The van der Waals surface area contributed by atoms with Crippen molar-refractivity contribution in [1.29, 1.82) is 0 Å². The molecule has 1 fully saturated rings. The summed E-state index contributed by atoms with van der Waals surface area (Å²) in [6.07, 6.45) is 3.41. The second kappa shape index (κ2) is 8.96. The molecule has 2 aromatic carbocycles. The summed E-state index contributed by atoms with van der Waals surface area (Å²) in [6, 6.07) is 11.3. The molecule has 2 aromatic heterocycles. The van der Waals surface area contributed by atoms with E-state index in [1.165, 1.54) is 0 Å². The topological polar surface area (TPSA) is 79.3 Å². The van der Waals surface area contributed by atoms with Crippen LogP contribution in [0.4, 0.5) is 5.69 Å². The number of benzene rings is 2. The Labute approximate surface area is 200 Å². The number of ether oxygens (including phenoxy) is 1. The molecule has 8 nitrogen and oxygen atoms in total. The van der Waals surface area contributed by atoms with Crippen molar-refractivity contribution < 1.29 is 9.53 Å². The van der Waals surface area contributed by atoms with Gasteiger partial charge in [0.05, 0.1) is 17.6 Å². The number of imidazole rings is 1. The second-order valence-corrected chi connectivity index (χ2v) is 8.64. The van der Waals surface area contributed by atoms with E-state index < -0.39 is 0 Å². The Morgan fingerprint density at radius 3 is 2.67 bits per heavy atom. The van der Waals surface area contributed by atoms with Gasteiger partial charge >= 0.3 is 0 Å².